The highest BCUT2D eigenvalue weighted by molar-refractivity contribution is 5.94. The van der Waals surface area contributed by atoms with Crippen LogP contribution in [0.1, 0.15) is 34.3 Å². The van der Waals surface area contributed by atoms with Gasteiger partial charge in [0.05, 0.1) is 6.10 Å². The Balaban J connectivity index is 1.53. The summed E-state index contributed by atoms with van der Waals surface area (Å²) in [5.74, 6) is 0.0422. The van der Waals surface area contributed by atoms with Gasteiger partial charge in [0.2, 0.25) is 0 Å². The molecule has 1 aliphatic rings. The first-order chi connectivity index (χ1) is 12.1. The first kappa shape index (κ1) is 17.5. The lowest BCUT2D eigenvalue weighted by Crippen LogP contribution is -2.34. The highest BCUT2D eigenvalue weighted by atomic mass is 16.5. The maximum absolute atomic E-state index is 12.5. The van der Waals surface area contributed by atoms with E-state index in [0.29, 0.717) is 12.1 Å². The monoisotopic (exact) mass is 338 g/mol. The molecule has 0 aromatic heterocycles. The Kier molecular flexibility index (Phi) is 5.71. The van der Waals surface area contributed by atoms with Crippen molar-refractivity contribution in [3.8, 4) is 0 Å². The summed E-state index contributed by atoms with van der Waals surface area (Å²) in [5, 5.41) is 3.39. The Labute approximate surface area is 149 Å². The first-order valence-corrected chi connectivity index (χ1v) is 8.88. The van der Waals surface area contributed by atoms with E-state index in [1.165, 1.54) is 11.1 Å². The summed E-state index contributed by atoms with van der Waals surface area (Å²) in [7, 11) is 1.84. The minimum atomic E-state index is 0.0422. The molecule has 1 N–H and O–H groups in total. The van der Waals surface area contributed by atoms with Crippen LogP contribution in [0.15, 0.2) is 48.5 Å². The molecular formula is C21H26N2O2. The maximum atomic E-state index is 12.5. The Morgan fingerprint density at radius 1 is 1.16 bits per heavy atom. The van der Waals surface area contributed by atoms with Crippen LogP contribution in [0.3, 0.4) is 0 Å². The molecule has 132 valence electrons. The predicted octanol–water partition coefficient (Wildman–Crippen LogP) is 3.86. The standard InChI is InChI=1S/C21H26N2O2/c1-16-5-7-17(8-6-16)14-22-19-11-9-18(10-12-19)21(24)23(2)15-20-4-3-13-25-20/h5-12,20,22H,3-4,13-15H2,1-2H3/t20-/m1/s1. The summed E-state index contributed by atoms with van der Waals surface area (Å²) in [6, 6.07) is 16.2. The van der Waals surface area contributed by atoms with E-state index in [1.54, 1.807) is 4.90 Å². The highest BCUT2D eigenvalue weighted by Gasteiger charge is 2.20. The van der Waals surface area contributed by atoms with Gasteiger partial charge in [0.1, 0.15) is 0 Å². The fourth-order valence-corrected chi connectivity index (χ4v) is 3.04. The van der Waals surface area contributed by atoms with Crippen molar-refractivity contribution in [1.29, 1.82) is 0 Å². The van der Waals surface area contributed by atoms with Crippen LogP contribution in [0.25, 0.3) is 0 Å². The molecule has 2 aromatic carbocycles. The van der Waals surface area contributed by atoms with Crippen molar-refractivity contribution in [1.82, 2.24) is 4.90 Å². The lowest BCUT2D eigenvalue weighted by molar-refractivity contribution is 0.0587. The molecule has 1 amide bonds. The zero-order valence-electron chi connectivity index (χ0n) is 15.0. The van der Waals surface area contributed by atoms with Gasteiger partial charge in [0, 0.05) is 38.0 Å². The zero-order valence-corrected chi connectivity index (χ0v) is 15.0. The van der Waals surface area contributed by atoms with Crippen LogP contribution in [-0.2, 0) is 11.3 Å². The largest absolute Gasteiger partial charge is 0.381 e. The molecule has 0 radical (unpaired) electrons. The van der Waals surface area contributed by atoms with Gasteiger partial charge in [0.25, 0.3) is 5.91 Å². The lowest BCUT2D eigenvalue weighted by atomic mass is 10.1. The van der Waals surface area contributed by atoms with E-state index < -0.39 is 0 Å². The number of nitrogens with zero attached hydrogens (tertiary/aromatic N) is 1. The van der Waals surface area contributed by atoms with Crippen LogP contribution in [0, 0.1) is 6.92 Å². The molecule has 3 rings (SSSR count). The van der Waals surface area contributed by atoms with Crippen LogP contribution in [0.5, 0.6) is 0 Å². The van der Waals surface area contributed by atoms with Crippen LogP contribution in [0.4, 0.5) is 5.69 Å². The van der Waals surface area contributed by atoms with Gasteiger partial charge in [-0.1, -0.05) is 29.8 Å². The molecule has 1 aliphatic heterocycles. The van der Waals surface area contributed by atoms with Crippen molar-refractivity contribution in [2.75, 3.05) is 25.5 Å². The molecule has 4 nitrogen and oxygen atoms in total. The molecule has 0 saturated carbocycles. The molecular weight excluding hydrogens is 312 g/mol. The number of benzene rings is 2. The van der Waals surface area contributed by atoms with E-state index in [9.17, 15) is 4.79 Å². The molecule has 1 atom stereocenters. The number of carbonyl (C=O) groups is 1. The number of hydrogen-bond acceptors (Lipinski definition) is 3. The Morgan fingerprint density at radius 3 is 2.52 bits per heavy atom. The molecule has 0 unspecified atom stereocenters. The van der Waals surface area contributed by atoms with Crippen molar-refractivity contribution < 1.29 is 9.53 Å². The molecule has 25 heavy (non-hydrogen) atoms. The molecule has 2 aromatic rings. The average Bonchev–Trinajstić information content (AvgIpc) is 3.14. The average molecular weight is 338 g/mol. The lowest BCUT2D eigenvalue weighted by Gasteiger charge is -2.21. The van der Waals surface area contributed by atoms with Gasteiger partial charge < -0.3 is 15.0 Å². The number of nitrogens with one attached hydrogen (secondary N) is 1. The molecule has 1 saturated heterocycles. The topological polar surface area (TPSA) is 41.6 Å². The molecule has 1 heterocycles. The van der Waals surface area contributed by atoms with Crippen molar-refractivity contribution in [2.24, 2.45) is 0 Å². The maximum Gasteiger partial charge on any atom is 0.253 e. The van der Waals surface area contributed by atoms with E-state index in [-0.39, 0.29) is 12.0 Å². The Hall–Kier alpha value is -2.33. The third-order valence-corrected chi connectivity index (χ3v) is 4.60. The number of likely N-dealkylation sites (N-methyl/N-ethyl adjacent to an activating group) is 1. The van der Waals surface area contributed by atoms with Crippen molar-refractivity contribution >= 4 is 11.6 Å². The molecule has 0 spiro atoms. The number of rotatable bonds is 6. The second-order valence-corrected chi connectivity index (χ2v) is 6.74. The van der Waals surface area contributed by atoms with Crippen LogP contribution >= 0.6 is 0 Å². The zero-order chi connectivity index (χ0) is 17.6. The third-order valence-electron chi connectivity index (χ3n) is 4.60. The minimum Gasteiger partial charge on any atom is -0.381 e. The summed E-state index contributed by atoms with van der Waals surface area (Å²) in [6.45, 7) is 4.33. The smallest absolute Gasteiger partial charge is 0.253 e. The van der Waals surface area contributed by atoms with E-state index in [2.05, 4.69) is 36.5 Å². The normalized spacial score (nSPS) is 16.6. The summed E-state index contributed by atoms with van der Waals surface area (Å²) < 4.78 is 5.61. The van der Waals surface area contributed by atoms with E-state index >= 15 is 0 Å². The fourth-order valence-electron chi connectivity index (χ4n) is 3.04. The molecule has 0 bridgehead atoms. The highest BCUT2D eigenvalue weighted by Crippen LogP contribution is 2.16. The van der Waals surface area contributed by atoms with E-state index in [1.807, 2.05) is 31.3 Å². The number of aryl methyl sites for hydroxylation is 1. The summed E-state index contributed by atoms with van der Waals surface area (Å²) in [4.78, 5) is 14.3. The van der Waals surface area contributed by atoms with Crippen LogP contribution in [0.2, 0.25) is 0 Å². The van der Waals surface area contributed by atoms with E-state index in [0.717, 1.165) is 31.7 Å². The number of ether oxygens (including phenoxy) is 1. The molecule has 4 heteroatoms. The molecule has 1 fully saturated rings. The van der Waals surface area contributed by atoms with Crippen molar-refractivity contribution in [3.05, 3.63) is 65.2 Å². The third kappa shape index (κ3) is 4.83. The molecule has 0 aliphatic carbocycles. The second kappa shape index (κ2) is 8.17. The Bertz CT molecular complexity index is 689. The van der Waals surface area contributed by atoms with E-state index in [4.69, 9.17) is 4.74 Å². The van der Waals surface area contributed by atoms with Crippen molar-refractivity contribution in [3.63, 3.8) is 0 Å². The number of amides is 1. The van der Waals surface area contributed by atoms with Gasteiger partial charge in [0.15, 0.2) is 0 Å². The second-order valence-electron chi connectivity index (χ2n) is 6.74. The number of hydrogen-bond donors (Lipinski definition) is 1. The van der Waals surface area contributed by atoms with Crippen molar-refractivity contribution in [2.45, 2.75) is 32.4 Å². The SMILES string of the molecule is Cc1ccc(CNc2ccc(C(=O)N(C)C[C@H]3CCCO3)cc2)cc1. The van der Waals surface area contributed by atoms with Gasteiger partial charge in [-0.05, 0) is 49.6 Å². The summed E-state index contributed by atoms with van der Waals surface area (Å²) >= 11 is 0. The first-order valence-electron chi connectivity index (χ1n) is 8.88. The summed E-state index contributed by atoms with van der Waals surface area (Å²) in [6.07, 6.45) is 2.32. The predicted molar refractivity (Wildman–Crippen MR) is 101 cm³/mol. The number of carbonyl (C=O) groups excluding carboxylic acids is 1. The van der Waals surface area contributed by atoms with Crippen LogP contribution in [-0.4, -0.2) is 37.1 Å². The quantitative estimate of drug-likeness (QED) is 0.870. The van der Waals surface area contributed by atoms with Crippen LogP contribution < -0.4 is 5.32 Å². The minimum absolute atomic E-state index is 0.0422. The van der Waals surface area contributed by atoms with Gasteiger partial charge in [-0.3, -0.25) is 4.79 Å². The van der Waals surface area contributed by atoms with Gasteiger partial charge in [-0.25, -0.2) is 0 Å². The van der Waals surface area contributed by atoms with Gasteiger partial charge >= 0.3 is 0 Å². The fraction of sp³-hybridized carbons (Fsp3) is 0.381. The Morgan fingerprint density at radius 2 is 1.88 bits per heavy atom. The summed E-state index contributed by atoms with van der Waals surface area (Å²) in [5.41, 5.74) is 4.22. The number of anilines is 1. The van der Waals surface area contributed by atoms with Gasteiger partial charge in [-0.2, -0.15) is 0 Å². The van der Waals surface area contributed by atoms with Gasteiger partial charge in [-0.15, -0.1) is 0 Å².